The number of hydrogen-bond acceptors (Lipinski definition) is 1. The highest BCUT2D eigenvalue weighted by Crippen LogP contribution is 1.95. The molecule has 0 aromatic heterocycles. The molecule has 0 unspecified atom stereocenters. The van der Waals surface area contributed by atoms with Crippen LogP contribution in [0.25, 0.3) is 0 Å². The van der Waals surface area contributed by atoms with Gasteiger partial charge < -0.3 is 0 Å². The van der Waals surface area contributed by atoms with Gasteiger partial charge in [-0.3, -0.25) is 4.79 Å². The number of carbonyl (C=O) groups excluding carboxylic acids is 1. The summed E-state index contributed by atoms with van der Waals surface area (Å²) in [6, 6.07) is 0. The Morgan fingerprint density at radius 2 is 2.11 bits per heavy atom. The van der Waals surface area contributed by atoms with E-state index in [1.807, 2.05) is 0 Å². The van der Waals surface area contributed by atoms with Crippen molar-refractivity contribution < 1.29 is 4.79 Å². The van der Waals surface area contributed by atoms with E-state index in [0.717, 1.165) is 12.8 Å². The Hall–Kier alpha value is -0.770. The molecule has 1 nitrogen and oxygen atoms in total. The molecule has 0 saturated heterocycles. The molecule has 0 aliphatic rings. The minimum Gasteiger partial charge on any atom is -0.275 e. The third-order valence-corrected chi connectivity index (χ3v) is 1.04. The van der Waals surface area contributed by atoms with Gasteiger partial charge in [0, 0.05) is 6.42 Å². The fourth-order valence-corrected chi connectivity index (χ4v) is 0.562. The minimum absolute atomic E-state index is 0.836. The van der Waals surface area contributed by atoms with Crippen LogP contribution in [0, 0.1) is 11.8 Å². The molecule has 1 heteroatoms. The van der Waals surface area contributed by atoms with Crippen LogP contribution in [0.1, 0.15) is 32.6 Å². The Morgan fingerprint density at radius 1 is 1.33 bits per heavy atom. The molecule has 0 N–H and O–H groups in total. The third-order valence-electron chi connectivity index (χ3n) is 1.04. The van der Waals surface area contributed by atoms with Crippen LogP contribution in [0.2, 0.25) is 0 Å². The second-order valence-corrected chi connectivity index (χ2v) is 1.86. The fraction of sp³-hybridized carbons (Fsp3) is 0.625. The van der Waals surface area contributed by atoms with E-state index in [9.17, 15) is 4.79 Å². The number of rotatable bonds is 3. The van der Waals surface area contributed by atoms with Gasteiger partial charge in [0.2, 0.25) is 0 Å². The van der Waals surface area contributed by atoms with Gasteiger partial charge in [-0.25, -0.2) is 0 Å². The SMILES string of the molecule is CCCCCC#C[C]=O. The van der Waals surface area contributed by atoms with Crippen molar-refractivity contribution in [2.45, 2.75) is 32.6 Å². The van der Waals surface area contributed by atoms with Crippen molar-refractivity contribution >= 4 is 6.29 Å². The van der Waals surface area contributed by atoms with Crippen LogP contribution in [0.4, 0.5) is 0 Å². The van der Waals surface area contributed by atoms with Gasteiger partial charge in [0.15, 0.2) is 0 Å². The molecular weight excluding hydrogens is 112 g/mol. The lowest BCUT2D eigenvalue weighted by Crippen LogP contribution is -1.70. The van der Waals surface area contributed by atoms with Crippen molar-refractivity contribution in [2.24, 2.45) is 0 Å². The van der Waals surface area contributed by atoms with Gasteiger partial charge in [-0.2, -0.15) is 0 Å². The molecule has 1 radical (unpaired) electrons. The lowest BCUT2D eigenvalue weighted by atomic mass is 10.2. The van der Waals surface area contributed by atoms with E-state index in [1.54, 1.807) is 0 Å². The maximum absolute atomic E-state index is 9.54. The monoisotopic (exact) mass is 123 g/mol. The molecule has 0 rings (SSSR count). The van der Waals surface area contributed by atoms with Crippen molar-refractivity contribution in [1.29, 1.82) is 0 Å². The Balaban J connectivity index is 2.99. The van der Waals surface area contributed by atoms with E-state index in [2.05, 4.69) is 18.8 Å². The van der Waals surface area contributed by atoms with E-state index < -0.39 is 0 Å². The van der Waals surface area contributed by atoms with E-state index in [-0.39, 0.29) is 0 Å². The molecule has 0 spiro atoms. The van der Waals surface area contributed by atoms with Gasteiger partial charge in [0.1, 0.15) is 0 Å². The highest BCUT2D eigenvalue weighted by Gasteiger charge is 1.79. The van der Waals surface area contributed by atoms with Crippen LogP contribution >= 0.6 is 0 Å². The zero-order chi connectivity index (χ0) is 6.95. The van der Waals surface area contributed by atoms with Gasteiger partial charge in [-0.05, 0) is 12.3 Å². The first-order chi connectivity index (χ1) is 4.41. The van der Waals surface area contributed by atoms with Crippen molar-refractivity contribution in [3.8, 4) is 11.8 Å². The summed E-state index contributed by atoms with van der Waals surface area (Å²) in [6.45, 7) is 2.14. The Kier molecular flexibility index (Phi) is 6.61. The smallest absolute Gasteiger partial charge is 0.275 e. The van der Waals surface area contributed by atoms with Crippen LogP contribution in [0.15, 0.2) is 0 Å². The van der Waals surface area contributed by atoms with Gasteiger partial charge in [-0.1, -0.05) is 25.7 Å². The van der Waals surface area contributed by atoms with Crippen LogP contribution in [-0.2, 0) is 4.79 Å². The zero-order valence-corrected chi connectivity index (χ0v) is 5.74. The standard InChI is InChI=1S/C8H11O/c1-2-3-4-5-6-7-8-9/h2-5H2,1H3. The average molecular weight is 123 g/mol. The Morgan fingerprint density at radius 3 is 2.67 bits per heavy atom. The van der Waals surface area contributed by atoms with Crippen molar-refractivity contribution in [2.75, 3.05) is 0 Å². The van der Waals surface area contributed by atoms with E-state index in [0.29, 0.717) is 0 Å². The Labute approximate surface area is 56.5 Å². The summed E-state index contributed by atoms with van der Waals surface area (Å²) in [5.41, 5.74) is 0. The molecular formula is C8H11O. The third kappa shape index (κ3) is 7.23. The summed E-state index contributed by atoms with van der Waals surface area (Å²) in [5.74, 6) is 4.95. The lowest BCUT2D eigenvalue weighted by Gasteiger charge is -1.86. The van der Waals surface area contributed by atoms with Gasteiger partial charge in [-0.15, -0.1) is 0 Å². The molecule has 0 aromatic carbocycles. The minimum atomic E-state index is 0.836. The van der Waals surface area contributed by atoms with Gasteiger partial charge in [0.05, 0.1) is 0 Å². The second kappa shape index (κ2) is 7.23. The molecule has 0 bridgehead atoms. The Bertz CT molecular complexity index is 116. The zero-order valence-electron chi connectivity index (χ0n) is 5.74. The van der Waals surface area contributed by atoms with Crippen LogP contribution in [0.5, 0.6) is 0 Å². The van der Waals surface area contributed by atoms with Gasteiger partial charge in [0.25, 0.3) is 6.29 Å². The predicted molar refractivity (Wildman–Crippen MR) is 37.6 cm³/mol. The van der Waals surface area contributed by atoms with E-state index in [1.165, 1.54) is 19.1 Å². The summed E-state index contributed by atoms with van der Waals surface area (Å²) in [7, 11) is 0. The van der Waals surface area contributed by atoms with Crippen molar-refractivity contribution in [3.05, 3.63) is 0 Å². The van der Waals surface area contributed by atoms with Crippen molar-refractivity contribution in [1.82, 2.24) is 0 Å². The summed E-state index contributed by atoms with van der Waals surface area (Å²) < 4.78 is 0. The second-order valence-electron chi connectivity index (χ2n) is 1.86. The van der Waals surface area contributed by atoms with Crippen molar-refractivity contribution in [3.63, 3.8) is 0 Å². The van der Waals surface area contributed by atoms with Crippen LogP contribution < -0.4 is 0 Å². The molecule has 0 atom stereocenters. The fourth-order valence-electron chi connectivity index (χ4n) is 0.562. The summed E-state index contributed by atoms with van der Waals surface area (Å²) in [6.07, 6.45) is 5.88. The summed E-state index contributed by atoms with van der Waals surface area (Å²) in [4.78, 5) is 9.54. The highest BCUT2D eigenvalue weighted by molar-refractivity contribution is 5.73. The lowest BCUT2D eigenvalue weighted by molar-refractivity contribution is 0.565. The topological polar surface area (TPSA) is 17.1 Å². The number of unbranched alkanes of at least 4 members (excludes halogenated alkanes) is 3. The molecule has 0 heterocycles. The summed E-state index contributed by atoms with van der Waals surface area (Å²) in [5, 5.41) is 0. The first-order valence-electron chi connectivity index (χ1n) is 3.26. The molecule has 0 saturated carbocycles. The largest absolute Gasteiger partial charge is 0.284 e. The molecule has 0 fully saturated rings. The molecule has 9 heavy (non-hydrogen) atoms. The molecule has 49 valence electrons. The van der Waals surface area contributed by atoms with Gasteiger partial charge >= 0.3 is 0 Å². The predicted octanol–water partition coefficient (Wildman–Crippen LogP) is 1.68. The quantitative estimate of drug-likeness (QED) is 0.412. The highest BCUT2D eigenvalue weighted by atomic mass is 16.1. The average Bonchev–Trinajstić information content (AvgIpc) is 1.89. The maximum atomic E-state index is 9.54. The van der Waals surface area contributed by atoms with Crippen LogP contribution in [-0.4, -0.2) is 6.29 Å². The normalized spacial score (nSPS) is 7.67. The first kappa shape index (κ1) is 8.23. The summed E-state index contributed by atoms with van der Waals surface area (Å²) >= 11 is 0. The molecule has 0 amide bonds. The number of hydrogen-bond donors (Lipinski definition) is 0. The van der Waals surface area contributed by atoms with E-state index in [4.69, 9.17) is 0 Å². The first-order valence-corrected chi connectivity index (χ1v) is 3.26. The van der Waals surface area contributed by atoms with Crippen LogP contribution in [0.3, 0.4) is 0 Å². The maximum Gasteiger partial charge on any atom is 0.284 e. The molecule has 0 aliphatic heterocycles. The molecule has 0 aromatic rings. The van der Waals surface area contributed by atoms with E-state index >= 15 is 0 Å². The molecule has 0 aliphatic carbocycles.